The predicted molar refractivity (Wildman–Crippen MR) is 68.9 cm³/mol. The van der Waals surface area contributed by atoms with Crippen molar-refractivity contribution < 1.29 is 8.78 Å². The van der Waals surface area contributed by atoms with E-state index in [4.69, 9.17) is 5.84 Å². The molecule has 102 valence electrons. The maximum absolute atomic E-state index is 13.6. The number of nitrogens with zero attached hydrogens (tertiary/aromatic N) is 1. The van der Waals surface area contributed by atoms with Gasteiger partial charge in [-0.15, -0.1) is 0 Å². The van der Waals surface area contributed by atoms with Crippen molar-refractivity contribution in [2.24, 2.45) is 5.84 Å². The Hall–Kier alpha value is -1.04. The van der Waals surface area contributed by atoms with Crippen molar-refractivity contribution in [1.82, 2.24) is 10.3 Å². The SMILES string of the molecule is CN(C)C(C)(C)C(Cc1c(F)cccc1F)NN. The van der Waals surface area contributed by atoms with Crippen LogP contribution in [0.15, 0.2) is 18.2 Å². The molecule has 0 bridgehead atoms. The third-order valence-electron chi connectivity index (χ3n) is 3.68. The number of likely N-dealkylation sites (N-methyl/N-ethyl adjacent to an activating group) is 1. The van der Waals surface area contributed by atoms with Gasteiger partial charge in [0, 0.05) is 17.1 Å². The number of halogens is 2. The quantitative estimate of drug-likeness (QED) is 0.623. The smallest absolute Gasteiger partial charge is 0.129 e. The molecule has 0 fully saturated rings. The molecule has 5 heteroatoms. The molecule has 0 amide bonds. The summed E-state index contributed by atoms with van der Waals surface area (Å²) in [7, 11) is 3.81. The van der Waals surface area contributed by atoms with E-state index >= 15 is 0 Å². The first kappa shape index (κ1) is 15.0. The lowest BCUT2D eigenvalue weighted by Gasteiger charge is -2.40. The standard InChI is InChI=1S/C13H21F2N3/c1-13(2,18(3)4)12(17-16)8-9-10(14)6-5-7-11(9)15/h5-7,12,17H,8,16H2,1-4H3. The summed E-state index contributed by atoms with van der Waals surface area (Å²) in [5.41, 5.74) is 2.39. The molecule has 1 aromatic rings. The van der Waals surface area contributed by atoms with E-state index < -0.39 is 11.6 Å². The zero-order chi connectivity index (χ0) is 13.9. The lowest BCUT2D eigenvalue weighted by Crippen LogP contribution is -2.58. The lowest BCUT2D eigenvalue weighted by molar-refractivity contribution is 0.136. The van der Waals surface area contributed by atoms with Crippen LogP contribution in [0.5, 0.6) is 0 Å². The van der Waals surface area contributed by atoms with Crippen LogP contribution in [-0.2, 0) is 6.42 Å². The third kappa shape index (κ3) is 3.04. The molecular weight excluding hydrogens is 236 g/mol. The van der Waals surface area contributed by atoms with E-state index in [-0.39, 0.29) is 23.6 Å². The van der Waals surface area contributed by atoms with Crippen molar-refractivity contribution >= 4 is 0 Å². The molecule has 0 aromatic heterocycles. The number of nitrogens with two attached hydrogens (primary N) is 1. The first-order chi connectivity index (χ1) is 8.30. The fourth-order valence-corrected chi connectivity index (χ4v) is 1.76. The zero-order valence-electron chi connectivity index (χ0n) is 11.3. The van der Waals surface area contributed by atoms with Gasteiger partial charge in [-0.3, -0.25) is 11.3 Å². The second-order valence-electron chi connectivity index (χ2n) is 5.17. The molecule has 0 heterocycles. The van der Waals surface area contributed by atoms with Crippen LogP contribution in [0, 0.1) is 11.6 Å². The number of benzene rings is 1. The highest BCUT2D eigenvalue weighted by Gasteiger charge is 2.32. The van der Waals surface area contributed by atoms with Gasteiger partial charge in [-0.1, -0.05) is 6.07 Å². The summed E-state index contributed by atoms with van der Waals surface area (Å²) in [5.74, 6) is 4.45. The van der Waals surface area contributed by atoms with E-state index in [1.165, 1.54) is 18.2 Å². The van der Waals surface area contributed by atoms with Crippen LogP contribution in [0.25, 0.3) is 0 Å². The average molecular weight is 257 g/mol. The highest BCUT2D eigenvalue weighted by molar-refractivity contribution is 5.21. The van der Waals surface area contributed by atoms with Crippen LogP contribution in [-0.4, -0.2) is 30.6 Å². The van der Waals surface area contributed by atoms with Gasteiger partial charge in [-0.05, 0) is 46.5 Å². The highest BCUT2D eigenvalue weighted by atomic mass is 19.1. The maximum atomic E-state index is 13.6. The molecule has 1 atom stereocenters. The largest absolute Gasteiger partial charge is 0.303 e. The molecule has 18 heavy (non-hydrogen) atoms. The van der Waals surface area contributed by atoms with Gasteiger partial charge < -0.3 is 4.90 Å². The number of rotatable bonds is 5. The molecule has 1 unspecified atom stereocenters. The van der Waals surface area contributed by atoms with Crippen molar-refractivity contribution in [3.05, 3.63) is 35.4 Å². The molecule has 0 aliphatic carbocycles. The van der Waals surface area contributed by atoms with Crippen molar-refractivity contribution in [1.29, 1.82) is 0 Å². The number of hydrogen-bond donors (Lipinski definition) is 2. The number of hydrazine groups is 1. The van der Waals surface area contributed by atoms with Crippen molar-refractivity contribution in [2.75, 3.05) is 14.1 Å². The van der Waals surface area contributed by atoms with Gasteiger partial charge in [-0.2, -0.15) is 0 Å². The molecule has 0 radical (unpaired) electrons. The average Bonchev–Trinajstić information content (AvgIpc) is 2.28. The van der Waals surface area contributed by atoms with E-state index in [2.05, 4.69) is 5.43 Å². The van der Waals surface area contributed by atoms with Gasteiger partial charge in [-0.25, -0.2) is 8.78 Å². The number of hydrogen-bond acceptors (Lipinski definition) is 3. The van der Waals surface area contributed by atoms with Crippen molar-refractivity contribution in [3.63, 3.8) is 0 Å². The molecule has 0 aliphatic heterocycles. The summed E-state index contributed by atoms with van der Waals surface area (Å²) in [5, 5.41) is 0. The van der Waals surface area contributed by atoms with E-state index in [0.29, 0.717) is 0 Å². The fraction of sp³-hybridized carbons (Fsp3) is 0.538. The Bertz CT molecular complexity index is 385. The van der Waals surface area contributed by atoms with Crippen molar-refractivity contribution in [3.8, 4) is 0 Å². The monoisotopic (exact) mass is 257 g/mol. The predicted octanol–water partition coefficient (Wildman–Crippen LogP) is 1.68. The summed E-state index contributed by atoms with van der Waals surface area (Å²) < 4.78 is 27.2. The summed E-state index contributed by atoms with van der Waals surface area (Å²) in [6, 6.07) is 3.61. The fourth-order valence-electron chi connectivity index (χ4n) is 1.76. The first-order valence-electron chi connectivity index (χ1n) is 5.87. The van der Waals surface area contributed by atoms with Gasteiger partial charge in [0.1, 0.15) is 11.6 Å². The Balaban J connectivity index is 3.00. The number of nitrogens with one attached hydrogen (secondary N) is 1. The normalized spacial score (nSPS) is 14.0. The maximum Gasteiger partial charge on any atom is 0.129 e. The Morgan fingerprint density at radius 2 is 1.78 bits per heavy atom. The topological polar surface area (TPSA) is 41.3 Å². The second kappa shape index (κ2) is 5.73. The summed E-state index contributed by atoms with van der Waals surface area (Å²) >= 11 is 0. The lowest BCUT2D eigenvalue weighted by atomic mass is 9.88. The Morgan fingerprint density at radius 3 is 2.17 bits per heavy atom. The molecule has 1 aromatic carbocycles. The van der Waals surface area contributed by atoms with Gasteiger partial charge in [0.25, 0.3) is 0 Å². The minimum absolute atomic E-state index is 0.0652. The molecule has 0 saturated heterocycles. The van der Waals surface area contributed by atoms with E-state index in [9.17, 15) is 8.78 Å². The molecule has 3 nitrogen and oxygen atoms in total. The van der Waals surface area contributed by atoms with Crippen LogP contribution >= 0.6 is 0 Å². The van der Waals surface area contributed by atoms with Crippen LogP contribution in [0.3, 0.4) is 0 Å². The van der Waals surface area contributed by atoms with Gasteiger partial charge in [0.15, 0.2) is 0 Å². The summed E-state index contributed by atoms with van der Waals surface area (Å²) in [6.45, 7) is 3.94. The second-order valence-corrected chi connectivity index (χ2v) is 5.17. The van der Waals surface area contributed by atoms with Gasteiger partial charge in [0.2, 0.25) is 0 Å². The Kier molecular flexibility index (Phi) is 4.78. The Morgan fingerprint density at radius 1 is 1.28 bits per heavy atom. The minimum Gasteiger partial charge on any atom is -0.303 e. The van der Waals surface area contributed by atoms with Crippen LogP contribution in [0.2, 0.25) is 0 Å². The molecule has 0 saturated carbocycles. The van der Waals surface area contributed by atoms with E-state index in [0.717, 1.165) is 0 Å². The minimum atomic E-state index is -0.537. The molecule has 0 aliphatic rings. The first-order valence-corrected chi connectivity index (χ1v) is 5.87. The van der Waals surface area contributed by atoms with E-state index in [1.807, 2.05) is 32.8 Å². The molecular formula is C13H21F2N3. The molecule has 1 rings (SSSR count). The summed E-state index contributed by atoms with van der Waals surface area (Å²) in [6.07, 6.45) is 0.195. The highest BCUT2D eigenvalue weighted by Crippen LogP contribution is 2.22. The Labute approximate surface area is 107 Å². The van der Waals surface area contributed by atoms with Crippen LogP contribution in [0.4, 0.5) is 8.78 Å². The van der Waals surface area contributed by atoms with Gasteiger partial charge >= 0.3 is 0 Å². The molecule has 3 N–H and O–H groups in total. The van der Waals surface area contributed by atoms with Gasteiger partial charge in [0.05, 0.1) is 0 Å². The van der Waals surface area contributed by atoms with Crippen LogP contribution < -0.4 is 11.3 Å². The third-order valence-corrected chi connectivity index (χ3v) is 3.68. The zero-order valence-corrected chi connectivity index (χ0v) is 11.3. The van der Waals surface area contributed by atoms with Crippen molar-refractivity contribution in [2.45, 2.75) is 31.8 Å². The summed E-state index contributed by atoms with van der Waals surface area (Å²) in [4.78, 5) is 1.97. The van der Waals surface area contributed by atoms with Crippen LogP contribution in [0.1, 0.15) is 19.4 Å². The van der Waals surface area contributed by atoms with E-state index in [1.54, 1.807) is 0 Å². The molecule has 0 spiro atoms.